The zero-order chi connectivity index (χ0) is 17.0. The van der Waals surface area contributed by atoms with Gasteiger partial charge in [-0.1, -0.05) is 46.7 Å². The zero-order valence-corrected chi connectivity index (χ0v) is 15.0. The number of nitrogens with zero attached hydrogens (tertiary/aromatic N) is 1. The van der Waals surface area contributed by atoms with Gasteiger partial charge in [0.2, 0.25) is 0 Å². The maximum atomic E-state index is 13.5. The van der Waals surface area contributed by atoms with Crippen LogP contribution in [0.25, 0.3) is 0 Å². The molecule has 0 aliphatic carbocycles. The molecule has 0 aliphatic rings. The van der Waals surface area contributed by atoms with Crippen LogP contribution in [0.15, 0.2) is 41.4 Å². The van der Waals surface area contributed by atoms with Gasteiger partial charge in [0.25, 0.3) is 0 Å². The van der Waals surface area contributed by atoms with Crippen LogP contribution in [0.4, 0.5) is 4.39 Å². The SMILES string of the molecule is CCC(C)(Pc1ccc(F)cc1/C=N/C)c1cccc(C)c1O. The van der Waals surface area contributed by atoms with E-state index in [0.29, 0.717) is 14.3 Å². The first-order chi connectivity index (χ1) is 10.9. The number of aliphatic imine (C=N–C) groups is 1. The minimum absolute atomic E-state index is 0.204. The van der Waals surface area contributed by atoms with Crippen molar-refractivity contribution >= 4 is 20.1 Å². The fourth-order valence-electron chi connectivity index (χ4n) is 2.64. The Labute approximate surface area is 139 Å². The van der Waals surface area contributed by atoms with Crippen LogP contribution in [0.3, 0.4) is 0 Å². The summed E-state index contributed by atoms with van der Waals surface area (Å²) in [7, 11) is 2.09. The Morgan fingerprint density at radius 3 is 2.70 bits per heavy atom. The van der Waals surface area contributed by atoms with Gasteiger partial charge in [-0.2, -0.15) is 0 Å². The Hall–Kier alpha value is -1.73. The molecule has 23 heavy (non-hydrogen) atoms. The van der Waals surface area contributed by atoms with Crippen molar-refractivity contribution in [2.75, 3.05) is 7.05 Å². The predicted octanol–water partition coefficient (Wildman–Crippen LogP) is 4.52. The minimum Gasteiger partial charge on any atom is -0.507 e. The number of hydrogen-bond acceptors (Lipinski definition) is 2. The first-order valence-electron chi connectivity index (χ1n) is 7.70. The highest BCUT2D eigenvalue weighted by atomic mass is 31.1. The summed E-state index contributed by atoms with van der Waals surface area (Å²) in [6.45, 7) is 6.17. The van der Waals surface area contributed by atoms with Gasteiger partial charge in [-0.15, -0.1) is 0 Å². The van der Waals surface area contributed by atoms with Gasteiger partial charge in [-0.3, -0.25) is 4.99 Å². The topological polar surface area (TPSA) is 32.6 Å². The van der Waals surface area contributed by atoms with Crippen LogP contribution in [-0.2, 0) is 5.16 Å². The van der Waals surface area contributed by atoms with E-state index in [1.165, 1.54) is 12.1 Å². The summed E-state index contributed by atoms with van der Waals surface area (Å²) in [5, 5.41) is 11.3. The molecular weight excluding hydrogens is 308 g/mol. The number of phenols is 1. The van der Waals surface area contributed by atoms with Crippen molar-refractivity contribution in [3.63, 3.8) is 0 Å². The van der Waals surface area contributed by atoms with E-state index in [-0.39, 0.29) is 11.0 Å². The summed E-state index contributed by atoms with van der Waals surface area (Å²) in [4.78, 5) is 4.03. The molecule has 0 bridgehead atoms. The molecule has 0 saturated heterocycles. The lowest BCUT2D eigenvalue weighted by Crippen LogP contribution is -2.20. The molecule has 1 N–H and O–H groups in total. The highest BCUT2D eigenvalue weighted by Gasteiger charge is 2.29. The second-order valence-electron chi connectivity index (χ2n) is 5.90. The molecule has 2 rings (SSSR count). The van der Waals surface area contributed by atoms with Gasteiger partial charge in [0.15, 0.2) is 0 Å². The number of hydrogen-bond donors (Lipinski definition) is 1. The summed E-state index contributed by atoms with van der Waals surface area (Å²) in [6.07, 6.45) is 2.57. The smallest absolute Gasteiger partial charge is 0.123 e. The van der Waals surface area contributed by atoms with Crippen molar-refractivity contribution in [2.24, 2.45) is 4.99 Å². The first-order valence-corrected chi connectivity index (χ1v) is 8.70. The molecule has 0 fully saturated rings. The highest BCUT2D eigenvalue weighted by Crippen LogP contribution is 2.47. The maximum Gasteiger partial charge on any atom is 0.123 e. The van der Waals surface area contributed by atoms with Crippen molar-refractivity contribution in [1.29, 1.82) is 0 Å². The third kappa shape index (κ3) is 3.79. The van der Waals surface area contributed by atoms with Crippen LogP contribution in [0.1, 0.15) is 37.0 Å². The van der Waals surface area contributed by atoms with Crippen molar-refractivity contribution in [3.05, 3.63) is 58.9 Å². The average Bonchev–Trinajstić information content (AvgIpc) is 2.53. The van der Waals surface area contributed by atoms with Crippen LogP contribution in [0, 0.1) is 12.7 Å². The zero-order valence-electron chi connectivity index (χ0n) is 14.0. The Morgan fingerprint density at radius 2 is 2.04 bits per heavy atom. The van der Waals surface area contributed by atoms with Crippen molar-refractivity contribution in [2.45, 2.75) is 32.3 Å². The Kier molecular flexibility index (Phi) is 5.54. The lowest BCUT2D eigenvalue weighted by Gasteiger charge is -2.31. The van der Waals surface area contributed by atoms with Crippen LogP contribution in [0.2, 0.25) is 0 Å². The molecule has 0 aromatic heterocycles. The summed E-state index contributed by atoms with van der Waals surface area (Å²) < 4.78 is 13.5. The summed E-state index contributed by atoms with van der Waals surface area (Å²) in [6, 6.07) is 10.7. The van der Waals surface area contributed by atoms with E-state index in [0.717, 1.165) is 28.4 Å². The summed E-state index contributed by atoms with van der Waals surface area (Å²) >= 11 is 0. The average molecular weight is 331 g/mol. The van der Waals surface area contributed by atoms with Crippen LogP contribution in [0.5, 0.6) is 5.75 Å². The van der Waals surface area contributed by atoms with E-state index in [1.807, 2.05) is 31.2 Å². The Morgan fingerprint density at radius 1 is 1.30 bits per heavy atom. The standard InChI is InChI=1S/C19H23FNOP/c1-5-19(3,16-8-6-7-13(2)18(16)22)23-17-10-9-15(20)11-14(17)12-21-4/h6-12,22-23H,5H2,1-4H3/b21-12+. The molecule has 2 aromatic rings. The molecule has 0 saturated carbocycles. The molecule has 2 unspecified atom stereocenters. The van der Waals surface area contributed by atoms with Gasteiger partial charge in [0.05, 0.1) is 0 Å². The van der Waals surface area contributed by atoms with E-state index in [9.17, 15) is 9.50 Å². The molecule has 2 atom stereocenters. The highest BCUT2D eigenvalue weighted by molar-refractivity contribution is 7.48. The third-order valence-corrected chi connectivity index (χ3v) is 6.13. The second-order valence-corrected chi connectivity index (χ2v) is 7.79. The molecule has 0 heterocycles. The molecular formula is C19H23FNOP. The molecule has 0 spiro atoms. The molecule has 0 aliphatic heterocycles. The lowest BCUT2D eigenvalue weighted by atomic mass is 9.94. The fourth-order valence-corrected chi connectivity index (χ4v) is 4.20. The molecule has 4 heteroatoms. The number of benzene rings is 2. The normalized spacial score (nSPS) is 14.7. The molecule has 0 radical (unpaired) electrons. The van der Waals surface area contributed by atoms with E-state index in [1.54, 1.807) is 13.3 Å². The lowest BCUT2D eigenvalue weighted by molar-refractivity contribution is 0.452. The Balaban J connectivity index is 2.49. The molecule has 2 nitrogen and oxygen atoms in total. The Bertz CT molecular complexity index is 729. The predicted molar refractivity (Wildman–Crippen MR) is 98.4 cm³/mol. The van der Waals surface area contributed by atoms with E-state index < -0.39 is 0 Å². The molecule has 0 amide bonds. The largest absolute Gasteiger partial charge is 0.507 e. The van der Waals surface area contributed by atoms with Gasteiger partial charge in [0.1, 0.15) is 11.6 Å². The van der Waals surface area contributed by atoms with Gasteiger partial charge < -0.3 is 5.11 Å². The quantitative estimate of drug-likeness (QED) is 0.634. The van der Waals surface area contributed by atoms with Gasteiger partial charge >= 0.3 is 0 Å². The number of phenolic OH excluding ortho intramolecular Hbond substituents is 1. The van der Waals surface area contributed by atoms with E-state index in [2.05, 4.69) is 18.8 Å². The van der Waals surface area contributed by atoms with Crippen LogP contribution >= 0.6 is 8.58 Å². The summed E-state index contributed by atoms with van der Waals surface area (Å²) in [5.74, 6) is 0.0993. The molecule has 122 valence electrons. The number of aryl methyl sites for hydroxylation is 1. The fraction of sp³-hybridized carbons (Fsp3) is 0.316. The monoisotopic (exact) mass is 331 g/mol. The second kappa shape index (κ2) is 7.23. The minimum atomic E-state index is -0.259. The maximum absolute atomic E-state index is 13.5. The third-order valence-electron chi connectivity index (χ3n) is 4.23. The van der Waals surface area contributed by atoms with Crippen molar-refractivity contribution in [1.82, 2.24) is 0 Å². The first kappa shape index (κ1) is 17.6. The van der Waals surface area contributed by atoms with Crippen LogP contribution in [-0.4, -0.2) is 18.4 Å². The van der Waals surface area contributed by atoms with Crippen molar-refractivity contribution in [3.8, 4) is 5.75 Å². The van der Waals surface area contributed by atoms with E-state index in [4.69, 9.17) is 0 Å². The van der Waals surface area contributed by atoms with E-state index >= 15 is 0 Å². The van der Waals surface area contributed by atoms with Crippen LogP contribution < -0.4 is 5.30 Å². The number of aromatic hydroxyl groups is 1. The van der Waals surface area contributed by atoms with Gasteiger partial charge in [0, 0.05) is 29.5 Å². The summed E-state index contributed by atoms with van der Waals surface area (Å²) in [5.41, 5.74) is 2.63. The number of rotatable bonds is 5. The van der Waals surface area contributed by atoms with Gasteiger partial charge in [-0.05, 0) is 36.3 Å². The molecule has 2 aromatic carbocycles. The van der Waals surface area contributed by atoms with Gasteiger partial charge in [-0.25, -0.2) is 4.39 Å². The van der Waals surface area contributed by atoms with Crippen molar-refractivity contribution < 1.29 is 9.50 Å². The number of halogens is 1. The number of para-hydroxylation sites is 1.